The van der Waals surface area contributed by atoms with E-state index in [0.29, 0.717) is 19.4 Å². The summed E-state index contributed by atoms with van der Waals surface area (Å²) in [5, 5.41) is 23.1. The van der Waals surface area contributed by atoms with Crippen LogP contribution in [-0.2, 0) is 14.3 Å². The molecule has 1 amide bonds. The topological polar surface area (TPSA) is 95.9 Å². The highest BCUT2D eigenvalue weighted by molar-refractivity contribution is 5.76. The molecule has 0 aliphatic rings. The monoisotopic (exact) mass is 1080 g/mol. The van der Waals surface area contributed by atoms with E-state index in [9.17, 15) is 19.8 Å². The quantitative estimate of drug-likeness (QED) is 0.0320. The van der Waals surface area contributed by atoms with Crippen LogP contribution in [-0.4, -0.2) is 47.4 Å². The Morgan fingerprint density at radius 1 is 0.364 bits per heavy atom. The number of amides is 1. The first kappa shape index (κ1) is 74.8. The Balaban J connectivity index is 3.37. The van der Waals surface area contributed by atoms with Crippen molar-refractivity contribution in [3.8, 4) is 0 Å². The van der Waals surface area contributed by atoms with Gasteiger partial charge in [-0.25, -0.2) is 0 Å². The SMILES string of the molecule is CCCCC/C=C\C/C=C\CCCCCCCC(=O)OCCCCCCCCCCCCCC/C=C\CCCCCCCCCCCCCCCCCC(=O)NC(CO)C(O)/C=C/CCCCCCCCCCCCCC. The molecule has 0 rings (SSSR count). The minimum atomic E-state index is -0.843. The van der Waals surface area contributed by atoms with Gasteiger partial charge in [0.05, 0.1) is 25.4 Å². The van der Waals surface area contributed by atoms with Gasteiger partial charge in [-0.15, -0.1) is 0 Å². The van der Waals surface area contributed by atoms with Crippen LogP contribution in [0, 0.1) is 0 Å². The van der Waals surface area contributed by atoms with Crippen molar-refractivity contribution in [1.29, 1.82) is 0 Å². The summed E-state index contributed by atoms with van der Waals surface area (Å²) in [7, 11) is 0. The van der Waals surface area contributed by atoms with Gasteiger partial charge in [-0.3, -0.25) is 9.59 Å². The molecule has 6 heteroatoms. The second-order valence-corrected chi connectivity index (χ2v) is 23.5. The van der Waals surface area contributed by atoms with Gasteiger partial charge in [-0.1, -0.05) is 313 Å². The Kier molecular flexibility index (Phi) is 64.5. The molecule has 0 heterocycles. The van der Waals surface area contributed by atoms with E-state index in [4.69, 9.17) is 4.74 Å². The van der Waals surface area contributed by atoms with Gasteiger partial charge < -0.3 is 20.3 Å². The number of nitrogens with one attached hydrogen (secondary N) is 1. The summed E-state index contributed by atoms with van der Waals surface area (Å²) in [5.74, 6) is -0.0615. The third-order valence-electron chi connectivity index (χ3n) is 15.8. The molecule has 0 radical (unpaired) electrons. The fourth-order valence-electron chi connectivity index (χ4n) is 10.5. The molecular weight excluding hydrogens is 947 g/mol. The number of hydrogen-bond donors (Lipinski definition) is 3. The van der Waals surface area contributed by atoms with Gasteiger partial charge in [0.15, 0.2) is 0 Å². The minimum Gasteiger partial charge on any atom is -0.466 e. The lowest BCUT2D eigenvalue weighted by Gasteiger charge is -2.20. The van der Waals surface area contributed by atoms with Crippen molar-refractivity contribution in [2.24, 2.45) is 0 Å². The second-order valence-electron chi connectivity index (χ2n) is 23.5. The van der Waals surface area contributed by atoms with Crippen LogP contribution in [0.2, 0.25) is 0 Å². The molecule has 0 aromatic carbocycles. The standard InChI is InChI=1S/C71H133NO5/c1-3-5-7-9-11-13-15-17-36-41-45-49-53-57-61-65-71(76)77-66-62-58-54-50-46-42-38-35-33-31-29-27-25-23-21-19-20-22-24-26-28-30-32-34-37-40-44-48-52-56-60-64-70(75)72-68(67-73)69(74)63-59-55-51-47-43-39-18-16-14-12-10-8-6-4-2/h11,13,17,21,23,36,59,63,68-69,73-74H,3-10,12,14-16,18-20,22,24-35,37-58,60-62,64-67H2,1-2H3,(H,72,75)/b13-11-,23-21-,36-17-,63-59+. The average Bonchev–Trinajstić information content (AvgIpc) is 3.43. The Bertz CT molecular complexity index is 1290. The molecule has 2 atom stereocenters. The molecule has 77 heavy (non-hydrogen) atoms. The first-order chi connectivity index (χ1) is 38.0. The molecule has 0 aromatic heterocycles. The van der Waals surface area contributed by atoms with E-state index >= 15 is 0 Å². The van der Waals surface area contributed by atoms with Crippen molar-refractivity contribution < 1.29 is 24.5 Å². The van der Waals surface area contributed by atoms with E-state index in [1.807, 2.05) is 6.08 Å². The van der Waals surface area contributed by atoms with Gasteiger partial charge in [0.2, 0.25) is 5.91 Å². The van der Waals surface area contributed by atoms with Crippen LogP contribution in [0.4, 0.5) is 0 Å². The Morgan fingerprint density at radius 2 is 0.649 bits per heavy atom. The molecule has 0 saturated carbocycles. The zero-order chi connectivity index (χ0) is 55.7. The minimum absolute atomic E-state index is 0.00327. The Labute approximate surface area is 480 Å². The molecule has 0 spiro atoms. The lowest BCUT2D eigenvalue weighted by atomic mass is 10.0. The van der Waals surface area contributed by atoms with Crippen LogP contribution >= 0.6 is 0 Å². The summed E-state index contributed by atoms with van der Waals surface area (Å²) in [4.78, 5) is 24.5. The van der Waals surface area contributed by atoms with Crippen molar-refractivity contribution in [1.82, 2.24) is 5.32 Å². The van der Waals surface area contributed by atoms with E-state index in [2.05, 4.69) is 55.6 Å². The van der Waals surface area contributed by atoms with Gasteiger partial charge in [-0.05, 0) is 89.9 Å². The van der Waals surface area contributed by atoms with Crippen molar-refractivity contribution in [2.75, 3.05) is 13.2 Å². The first-order valence-electron chi connectivity index (χ1n) is 34.4. The number of aliphatic hydroxyl groups is 2. The maximum atomic E-state index is 12.5. The largest absolute Gasteiger partial charge is 0.466 e. The Morgan fingerprint density at radius 3 is 1.03 bits per heavy atom. The molecule has 0 aromatic rings. The molecule has 0 saturated heterocycles. The van der Waals surface area contributed by atoms with Crippen LogP contribution in [0.3, 0.4) is 0 Å². The highest BCUT2D eigenvalue weighted by atomic mass is 16.5. The lowest BCUT2D eigenvalue weighted by Crippen LogP contribution is -2.45. The zero-order valence-electron chi connectivity index (χ0n) is 51.7. The Hall–Kier alpha value is -2.18. The highest BCUT2D eigenvalue weighted by Crippen LogP contribution is 2.18. The average molecular weight is 1080 g/mol. The number of rotatable bonds is 64. The molecule has 0 fully saturated rings. The van der Waals surface area contributed by atoms with Gasteiger partial charge in [0.1, 0.15) is 0 Å². The van der Waals surface area contributed by atoms with Gasteiger partial charge in [0, 0.05) is 12.8 Å². The predicted octanol–water partition coefficient (Wildman–Crippen LogP) is 22.1. The number of aliphatic hydroxyl groups excluding tert-OH is 2. The van der Waals surface area contributed by atoms with Crippen LogP contribution in [0.25, 0.3) is 0 Å². The summed E-state index contributed by atoms with van der Waals surface area (Å²) >= 11 is 0. The fraction of sp³-hybridized carbons (Fsp3) is 0.859. The summed E-state index contributed by atoms with van der Waals surface area (Å²) in [6.07, 6.45) is 86.1. The number of ether oxygens (including phenoxy) is 1. The van der Waals surface area contributed by atoms with E-state index in [1.165, 1.54) is 289 Å². The third kappa shape index (κ3) is 62.9. The summed E-state index contributed by atoms with van der Waals surface area (Å²) in [6.45, 7) is 4.89. The number of esters is 1. The highest BCUT2D eigenvalue weighted by Gasteiger charge is 2.18. The van der Waals surface area contributed by atoms with Crippen molar-refractivity contribution in [3.63, 3.8) is 0 Å². The van der Waals surface area contributed by atoms with Gasteiger partial charge in [0.25, 0.3) is 0 Å². The maximum Gasteiger partial charge on any atom is 0.305 e. The fourth-order valence-corrected chi connectivity index (χ4v) is 10.5. The predicted molar refractivity (Wildman–Crippen MR) is 338 cm³/mol. The normalized spacial score (nSPS) is 12.8. The maximum absolute atomic E-state index is 12.5. The molecule has 452 valence electrons. The molecule has 3 N–H and O–H groups in total. The van der Waals surface area contributed by atoms with Gasteiger partial charge in [-0.2, -0.15) is 0 Å². The lowest BCUT2D eigenvalue weighted by molar-refractivity contribution is -0.143. The number of unbranched alkanes of at least 4 members (excludes halogenated alkanes) is 47. The molecule has 0 aliphatic carbocycles. The number of carbonyl (C=O) groups excluding carboxylic acids is 2. The van der Waals surface area contributed by atoms with Crippen molar-refractivity contribution >= 4 is 11.9 Å². The molecular formula is C71H133NO5. The number of carbonyl (C=O) groups is 2. The van der Waals surface area contributed by atoms with Crippen LogP contribution in [0.15, 0.2) is 48.6 Å². The number of hydrogen-bond acceptors (Lipinski definition) is 5. The zero-order valence-corrected chi connectivity index (χ0v) is 51.7. The summed E-state index contributed by atoms with van der Waals surface area (Å²) in [6, 6.07) is -0.626. The second kappa shape index (κ2) is 66.3. The van der Waals surface area contributed by atoms with E-state index in [1.54, 1.807) is 6.08 Å². The molecule has 0 aliphatic heterocycles. The number of allylic oxidation sites excluding steroid dienone is 7. The van der Waals surface area contributed by atoms with Crippen molar-refractivity contribution in [3.05, 3.63) is 48.6 Å². The smallest absolute Gasteiger partial charge is 0.305 e. The summed E-state index contributed by atoms with van der Waals surface area (Å²) < 4.78 is 5.48. The van der Waals surface area contributed by atoms with E-state index < -0.39 is 12.1 Å². The third-order valence-corrected chi connectivity index (χ3v) is 15.8. The van der Waals surface area contributed by atoms with Crippen LogP contribution < -0.4 is 5.32 Å². The molecule has 2 unspecified atom stereocenters. The van der Waals surface area contributed by atoms with Crippen LogP contribution in [0.1, 0.15) is 367 Å². The summed E-state index contributed by atoms with van der Waals surface area (Å²) in [5.41, 5.74) is 0. The van der Waals surface area contributed by atoms with E-state index in [0.717, 1.165) is 51.4 Å². The van der Waals surface area contributed by atoms with Crippen LogP contribution in [0.5, 0.6) is 0 Å². The first-order valence-corrected chi connectivity index (χ1v) is 34.4. The van der Waals surface area contributed by atoms with Crippen molar-refractivity contribution in [2.45, 2.75) is 379 Å². The molecule has 6 nitrogen and oxygen atoms in total. The van der Waals surface area contributed by atoms with Gasteiger partial charge >= 0.3 is 5.97 Å². The molecule has 0 bridgehead atoms. The van der Waals surface area contributed by atoms with E-state index in [-0.39, 0.29) is 18.5 Å².